The Morgan fingerprint density at radius 1 is 1.14 bits per heavy atom. The van der Waals surface area contributed by atoms with Crippen LogP contribution in [0, 0.1) is 5.41 Å². The normalized spacial score (nSPS) is 11.8. The minimum Gasteiger partial charge on any atom is -0.316 e. The molecule has 0 bridgehead atoms. The fraction of sp³-hybridized carbons (Fsp3) is 0.533. The van der Waals surface area contributed by atoms with Gasteiger partial charge in [-0.15, -0.1) is 5.10 Å². The summed E-state index contributed by atoms with van der Waals surface area (Å²) in [4.78, 5) is 0. The van der Waals surface area contributed by atoms with Gasteiger partial charge in [-0.05, 0) is 40.9 Å². The first-order valence-corrected chi connectivity index (χ1v) is 8.22. The quantitative estimate of drug-likeness (QED) is 0.629. The third-order valence-corrected chi connectivity index (χ3v) is 3.92. The van der Waals surface area contributed by atoms with Crippen molar-refractivity contribution in [2.75, 3.05) is 18.8 Å². The van der Waals surface area contributed by atoms with Crippen molar-refractivity contribution in [3.8, 4) is 5.69 Å². The lowest BCUT2D eigenvalue weighted by molar-refractivity contribution is 0.369. The zero-order chi connectivity index (χ0) is 15.1. The number of tetrazole rings is 1. The second-order valence-electron chi connectivity index (χ2n) is 6.12. The monoisotopic (exact) mass is 305 g/mol. The fourth-order valence-electron chi connectivity index (χ4n) is 1.80. The van der Waals surface area contributed by atoms with Gasteiger partial charge in [-0.3, -0.25) is 0 Å². The second kappa shape index (κ2) is 7.56. The zero-order valence-electron chi connectivity index (χ0n) is 12.9. The highest BCUT2D eigenvalue weighted by molar-refractivity contribution is 7.99. The Morgan fingerprint density at radius 2 is 1.90 bits per heavy atom. The van der Waals surface area contributed by atoms with Crippen LogP contribution < -0.4 is 5.32 Å². The largest absolute Gasteiger partial charge is 0.316 e. The molecule has 0 aliphatic carbocycles. The molecule has 6 heteroatoms. The van der Waals surface area contributed by atoms with Gasteiger partial charge in [-0.2, -0.15) is 4.68 Å². The van der Waals surface area contributed by atoms with Gasteiger partial charge in [0.25, 0.3) is 0 Å². The zero-order valence-corrected chi connectivity index (χ0v) is 13.7. The van der Waals surface area contributed by atoms with Gasteiger partial charge >= 0.3 is 0 Å². The first-order valence-electron chi connectivity index (χ1n) is 7.23. The summed E-state index contributed by atoms with van der Waals surface area (Å²) in [7, 11) is 0. The minimum atomic E-state index is 0.386. The first-order chi connectivity index (χ1) is 10.1. The lowest BCUT2D eigenvalue weighted by Gasteiger charge is -2.17. The molecule has 1 N–H and O–H groups in total. The summed E-state index contributed by atoms with van der Waals surface area (Å²) in [6.07, 6.45) is 1.18. The van der Waals surface area contributed by atoms with Gasteiger partial charge in [0.05, 0.1) is 5.69 Å². The number of aromatic nitrogens is 4. The summed E-state index contributed by atoms with van der Waals surface area (Å²) >= 11 is 1.67. The number of nitrogens with zero attached hydrogens (tertiary/aromatic N) is 4. The van der Waals surface area contributed by atoms with E-state index in [-0.39, 0.29) is 0 Å². The third kappa shape index (κ3) is 5.47. The number of para-hydroxylation sites is 1. The van der Waals surface area contributed by atoms with Gasteiger partial charge in [0.2, 0.25) is 5.16 Å². The molecule has 0 spiro atoms. The molecule has 1 aromatic carbocycles. The van der Waals surface area contributed by atoms with Gasteiger partial charge in [-0.1, -0.05) is 50.7 Å². The van der Waals surface area contributed by atoms with E-state index in [9.17, 15) is 0 Å². The molecule has 0 atom stereocenters. The number of benzene rings is 1. The Hall–Kier alpha value is -1.40. The second-order valence-corrected chi connectivity index (χ2v) is 7.18. The average molecular weight is 305 g/mol. The summed E-state index contributed by atoms with van der Waals surface area (Å²) in [6.45, 7) is 8.79. The number of nitrogens with one attached hydrogen (secondary N) is 1. The van der Waals surface area contributed by atoms with Crippen molar-refractivity contribution in [1.29, 1.82) is 0 Å². The van der Waals surface area contributed by atoms with Crippen molar-refractivity contribution in [3.05, 3.63) is 30.3 Å². The molecule has 5 nitrogen and oxygen atoms in total. The van der Waals surface area contributed by atoms with E-state index < -0.39 is 0 Å². The predicted molar refractivity (Wildman–Crippen MR) is 86.8 cm³/mol. The van der Waals surface area contributed by atoms with Crippen LogP contribution in [0.2, 0.25) is 0 Å². The maximum Gasteiger partial charge on any atom is 0.214 e. The van der Waals surface area contributed by atoms with Crippen molar-refractivity contribution in [2.24, 2.45) is 5.41 Å². The van der Waals surface area contributed by atoms with Gasteiger partial charge in [0, 0.05) is 12.3 Å². The van der Waals surface area contributed by atoms with Crippen LogP contribution in [0.4, 0.5) is 0 Å². The van der Waals surface area contributed by atoms with E-state index in [1.54, 1.807) is 16.4 Å². The Kier molecular flexibility index (Phi) is 5.76. The smallest absolute Gasteiger partial charge is 0.214 e. The van der Waals surface area contributed by atoms with Crippen molar-refractivity contribution in [1.82, 2.24) is 25.5 Å². The lowest BCUT2D eigenvalue weighted by atomic mass is 9.92. The number of thioether (sulfide) groups is 1. The summed E-state index contributed by atoms with van der Waals surface area (Å²) in [5, 5.41) is 16.2. The van der Waals surface area contributed by atoms with Crippen molar-refractivity contribution in [3.63, 3.8) is 0 Å². The van der Waals surface area contributed by atoms with Crippen LogP contribution in [0.25, 0.3) is 5.69 Å². The van der Waals surface area contributed by atoms with E-state index in [4.69, 9.17) is 0 Å². The summed E-state index contributed by atoms with van der Waals surface area (Å²) in [5.41, 5.74) is 1.38. The topological polar surface area (TPSA) is 55.6 Å². The molecule has 0 fully saturated rings. The Morgan fingerprint density at radius 3 is 2.62 bits per heavy atom. The highest BCUT2D eigenvalue weighted by Gasteiger charge is 2.10. The highest BCUT2D eigenvalue weighted by Crippen LogP contribution is 2.18. The molecule has 1 aromatic heterocycles. The Bertz CT molecular complexity index is 532. The fourth-order valence-corrected chi connectivity index (χ4v) is 2.59. The predicted octanol–water partition coefficient (Wildman–Crippen LogP) is 2.78. The molecule has 114 valence electrons. The van der Waals surface area contributed by atoms with E-state index in [1.807, 2.05) is 30.3 Å². The molecule has 1 heterocycles. The van der Waals surface area contributed by atoms with Crippen LogP contribution in [-0.4, -0.2) is 39.0 Å². The molecule has 0 aliphatic rings. The summed E-state index contributed by atoms with van der Waals surface area (Å²) in [5.74, 6) is 0.956. The number of rotatable bonds is 7. The molecule has 0 saturated heterocycles. The van der Waals surface area contributed by atoms with Crippen LogP contribution in [0.5, 0.6) is 0 Å². The van der Waals surface area contributed by atoms with Gasteiger partial charge < -0.3 is 5.32 Å². The molecule has 2 rings (SSSR count). The van der Waals surface area contributed by atoms with Gasteiger partial charge in [0.1, 0.15) is 0 Å². The molecule has 0 radical (unpaired) electrons. The lowest BCUT2D eigenvalue weighted by Crippen LogP contribution is -2.22. The number of hydrogen-bond donors (Lipinski definition) is 1. The highest BCUT2D eigenvalue weighted by atomic mass is 32.2. The molecule has 0 saturated carbocycles. The van der Waals surface area contributed by atoms with Crippen LogP contribution >= 0.6 is 11.8 Å². The molecular weight excluding hydrogens is 282 g/mol. The summed E-state index contributed by atoms with van der Waals surface area (Å²) < 4.78 is 1.78. The van der Waals surface area contributed by atoms with E-state index in [2.05, 4.69) is 41.6 Å². The molecular formula is C15H23N5S. The van der Waals surface area contributed by atoms with Crippen molar-refractivity contribution >= 4 is 11.8 Å². The molecule has 21 heavy (non-hydrogen) atoms. The van der Waals surface area contributed by atoms with Gasteiger partial charge in [-0.25, -0.2) is 0 Å². The van der Waals surface area contributed by atoms with Crippen LogP contribution in [0.1, 0.15) is 27.2 Å². The van der Waals surface area contributed by atoms with Crippen molar-refractivity contribution in [2.45, 2.75) is 32.3 Å². The van der Waals surface area contributed by atoms with Gasteiger partial charge in [0.15, 0.2) is 0 Å². The van der Waals surface area contributed by atoms with Crippen LogP contribution in [0.3, 0.4) is 0 Å². The Labute approximate surface area is 130 Å². The minimum absolute atomic E-state index is 0.386. The van der Waals surface area contributed by atoms with Crippen LogP contribution in [0.15, 0.2) is 35.5 Å². The first kappa shape index (κ1) is 16.0. The third-order valence-electron chi connectivity index (χ3n) is 3.00. The molecule has 0 aliphatic heterocycles. The SMILES string of the molecule is CC(C)(C)CCNCCSc1nnnn1-c1ccccc1. The van der Waals surface area contributed by atoms with E-state index in [0.717, 1.165) is 29.7 Å². The average Bonchev–Trinajstić information content (AvgIpc) is 2.91. The van der Waals surface area contributed by atoms with Crippen molar-refractivity contribution < 1.29 is 0 Å². The van der Waals surface area contributed by atoms with E-state index in [0.29, 0.717) is 5.41 Å². The number of hydrogen-bond acceptors (Lipinski definition) is 5. The maximum absolute atomic E-state index is 4.09. The standard InChI is InChI=1S/C15H23N5S/c1-15(2,3)9-10-16-11-12-21-14-17-18-19-20(14)13-7-5-4-6-8-13/h4-8,16H,9-12H2,1-3H3. The van der Waals surface area contributed by atoms with E-state index >= 15 is 0 Å². The maximum atomic E-state index is 4.09. The molecule has 0 unspecified atom stereocenters. The molecule has 2 aromatic rings. The van der Waals surface area contributed by atoms with E-state index in [1.165, 1.54) is 6.42 Å². The molecule has 0 amide bonds. The Balaban J connectivity index is 1.76. The van der Waals surface area contributed by atoms with Crippen LogP contribution in [-0.2, 0) is 0 Å². The summed E-state index contributed by atoms with van der Waals surface area (Å²) in [6, 6.07) is 9.96.